The molecule has 0 aromatic heterocycles. The highest BCUT2D eigenvalue weighted by Crippen LogP contribution is 2.37. The number of carbonyl (C=O) groups excluding carboxylic acids is 1. The zero-order valence-electron chi connectivity index (χ0n) is 20.5. The van der Waals surface area contributed by atoms with Crippen molar-refractivity contribution in [3.8, 4) is 0 Å². The maximum atomic E-state index is 13.3. The molecule has 38 heavy (non-hydrogen) atoms. The van der Waals surface area contributed by atoms with Crippen LogP contribution in [0.15, 0.2) is 65.6 Å². The van der Waals surface area contributed by atoms with Crippen molar-refractivity contribution in [3.63, 3.8) is 0 Å². The molecule has 1 atom stereocenters. The standard InChI is InChI=1S/C26H24F6N2O3S/c1-15-9-16(2)23(17(3)10-15)38(36,37)34-22(11-18-7-5-4-6-8-18)24(35)33-21-13-19(25(27,28)29)12-20(14-21)26(30,31)32/h4-10,12-14,22,34H,11H2,1-3H3,(H,33,35)/t22-/m0/s1. The second kappa shape index (κ2) is 10.8. The van der Waals surface area contributed by atoms with Crippen LogP contribution in [0.1, 0.15) is 33.4 Å². The molecule has 204 valence electrons. The van der Waals surface area contributed by atoms with E-state index in [0.29, 0.717) is 28.8 Å². The summed E-state index contributed by atoms with van der Waals surface area (Å²) >= 11 is 0. The Kier molecular flexibility index (Phi) is 8.27. The normalized spacial score (nSPS) is 13.3. The molecule has 2 N–H and O–H groups in total. The third-order valence-electron chi connectivity index (χ3n) is 5.63. The molecule has 1 amide bonds. The van der Waals surface area contributed by atoms with Gasteiger partial charge < -0.3 is 5.32 Å². The summed E-state index contributed by atoms with van der Waals surface area (Å²) in [4.78, 5) is 13.1. The Morgan fingerprint density at radius 1 is 0.816 bits per heavy atom. The van der Waals surface area contributed by atoms with E-state index in [-0.39, 0.29) is 17.4 Å². The van der Waals surface area contributed by atoms with E-state index in [2.05, 4.69) is 4.72 Å². The molecule has 0 saturated heterocycles. The summed E-state index contributed by atoms with van der Waals surface area (Å²) in [5.41, 5.74) is -1.89. The molecule has 0 radical (unpaired) electrons. The van der Waals surface area contributed by atoms with Gasteiger partial charge in [-0.3, -0.25) is 4.79 Å². The number of hydrogen-bond acceptors (Lipinski definition) is 3. The van der Waals surface area contributed by atoms with Crippen LogP contribution in [0.3, 0.4) is 0 Å². The predicted molar refractivity (Wildman–Crippen MR) is 130 cm³/mol. The Morgan fingerprint density at radius 3 is 1.79 bits per heavy atom. The number of benzene rings is 3. The average molecular weight is 559 g/mol. The summed E-state index contributed by atoms with van der Waals surface area (Å²) in [5, 5.41) is 2.03. The van der Waals surface area contributed by atoms with Crippen molar-refractivity contribution in [2.45, 2.75) is 50.5 Å². The van der Waals surface area contributed by atoms with Crippen LogP contribution in [0.5, 0.6) is 0 Å². The lowest BCUT2D eigenvalue weighted by molar-refractivity contribution is -0.143. The molecule has 0 saturated carbocycles. The minimum Gasteiger partial charge on any atom is -0.325 e. The van der Waals surface area contributed by atoms with E-state index >= 15 is 0 Å². The molecule has 0 bridgehead atoms. The summed E-state index contributed by atoms with van der Waals surface area (Å²) in [6.07, 6.45) is -10.5. The third-order valence-corrected chi connectivity index (χ3v) is 7.40. The fourth-order valence-electron chi connectivity index (χ4n) is 4.13. The Labute approximate surface area is 215 Å². The number of amides is 1. The largest absolute Gasteiger partial charge is 0.416 e. The van der Waals surface area contributed by atoms with E-state index in [1.807, 2.05) is 5.32 Å². The van der Waals surface area contributed by atoms with Gasteiger partial charge in [0.2, 0.25) is 15.9 Å². The highest BCUT2D eigenvalue weighted by Gasteiger charge is 2.37. The van der Waals surface area contributed by atoms with Crippen LogP contribution >= 0.6 is 0 Å². The van der Waals surface area contributed by atoms with Crippen LogP contribution in [-0.4, -0.2) is 20.4 Å². The molecule has 3 rings (SSSR count). The number of alkyl halides is 6. The van der Waals surface area contributed by atoms with Gasteiger partial charge in [0.05, 0.1) is 16.0 Å². The molecule has 0 spiro atoms. The van der Waals surface area contributed by atoms with Gasteiger partial charge in [0.1, 0.15) is 6.04 Å². The van der Waals surface area contributed by atoms with Gasteiger partial charge in [-0.2, -0.15) is 31.1 Å². The molecule has 0 aliphatic carbocycles. The van der Waals surface area contributed by atoms with Gasteiger partial charge in [-0.15, -0.1) is 0 Å². The summed E-state index contributed by atoms with van der Waals surface area (Å²) in [6.45, 7) is 4.92. The van der Waals surface area contributed by atoms with Crippen molar-refractivity contribution in [1.29, 1.82) is 0 Å². The molecule has 0 aliphatic heterocycles. The molecule has 12 heteroatoms. The van der Waals surface area contributed by atoms with Crippen LogP contribution in [-0.2, 0) is 33.6 Å². The molecule has 0 aliphatic rings. The van der Waals surface area contributed by atoms with Crippen molar-refractivity contribution in [1.82, 2.24) is 4.72 Å². The van der Waals surface area contributed by atoms with Crippen LogP contribution in [0.2, 0.25) is 0 Å². The van der Waals surface area contributed by atoms with Gasteiger partial charge in [0, 0.05) is 5.69 Å². The van der Waals surface area contributed by atoms with Gasteiger partial charge >= 0.3 is 12.4 Å². The molecule has 0 heterocycles. The maximum absolute atomic E-state index is 13.3. The molecule has 3 aromatic carbocycles. The van der Waals surface area contributed by atoms with E-state index in [1.54, 1.807) is 63.2 Å². The first-order chi connectivity index (χ1) is 17.5. The number of halogens is 6. The number of rotatable bonds is 7. The fourth-order valence-corrected chi connectivity index (χ4v) is 5.78. The second-order valence-corrected chi connectivity index (χ2v) is 10.5. The van der Waals surface area contributed by atoms with E-state index < -0.39 is 51.1 Å². The fraction of sp³-hybridized carbons (Fsp3) is 0.269. The minimum absolute atomic E-state index is 0.0667. The zero-order chi connectivity index (χ0) is 28.5. The first-order valence-electron chi connectivity index (χ1n) is 11.2. The smallest absolute Gasteiger partial charge is 0.325 e. The molecule has 3 aromatic rings. The van der Waals surface area contributed by atoms with Crippen molar-refractivity contribution in [2.75, 3.05) is 5.32 Å². The Bertz CT molecular complexity index is 1380. The lowest BCUT2D eigenvalue weighted by Gasteiger charge is -2.21. The number of hydrogen-bond donors (Lipinski definition) is 2. The summed E-state index contributed by atoms with van der Waals surface area (Å²) in [5.74, 6) is -1.13. The Balaban J connectivity index is 2.02. The number of carbonyl (C=O) groups is 1. The molecular weight excluding hydrogens is 534 g/mol. The first-order valence-corrected chi connectivity index (χ1v) is 12.7. The predicted octanol–water partition coefficient (Wildman–Crippen LogP) is 6.18. The molecule has 5 nitrogen and oxygen atoms in total. The lowest BCUT2D eigenvalue weighted by atomic mass is 10.1. The molecule has 0 fully saturated rings. The number of anilines is 1. The number of sulfonamides is 1. The average Bonchev–Trinajstić information content (AvgIpc) is 2.77. The molecular formula is C26H24F6N2O3S. The van der Waals surface area contributed by atoms with Gasteiger partial charge in [-0.1, -0.05) is 48.0 Å². The van der Waals surface area contributed by atoms with E-state index in [9.17, 15) is 39.6 Å². The summed E-state index contributed by atoms with van der Waals surface area (Å²) < 4.78 is 109. The van der Waals surface area contributed by atoms with Crippen molar-refractivity contribution < 1.29 is 39.6 Å². The van der Waals surface area contributed by atoms with E-state index in [0.717, 1.165) is 5.56 Å². The first kappa shape index (κ1) is 29.2. The van der Waals surface area contributed by atoms with Crippen LogP contribution in [0.4, 0.5) is 32.0 Å². The van der Waals surface area contributed by atoms with Crippen molar-refractivity contribution in [2.24, 2.45) is 0 Å². The quantitative estimate of drug-likeness (QED) is 0.340. The van der Waals surface area contributed by atoms with Gasteiger partial charge in [-0.25, -0.2) is 8.42 Å². The van der Waals surface area contributed by atoms with E-state index in [1.165, 1.54) is 0 Å². The van der Waals surface area contributed by atoms with Crippen molar-refractivity contribution in [3.05, 3.63) is 94.0 Å². The van der Waals surface area contributed by atoms with Gasteiger partial charge in [-0.05, 0) is 62.1 Å². The van der Waals surface area contributed by atoms with Crippen LogP contribution < -0.4 is 10.0 Å². The van der Waals surface area contributed by atoms with Crippen LogP contribution in [0.25, 0.3) is 0 Å². The highest BCUT2D eigenvalue weighted by atomic mass is 32.2. The SMILES string of the molecule is Cc1cc(C)c(S(=O)(=O)N[C@@H](Cc2ccccc2)C(=O)Nc2cc(C(F)(F)F)cc(C(F)(F)F)c2)c(C)c1. The van der Waals surface area contributed by atoms with Gasteiger partial charge in [0.25, 0.3) is 0 Å². The monoisotopic (exact) mass is 558 g/mol. The Morgan fingerprint density at radius 2 is 1.32 bits per heavy atom. The highest BCUT2D eigenvalue weighted by molar-refractivity contribution is 7.89. The van der Waals surface area contributed by atoms with Gasteiger partial charge in [0.15, 0.2) is 0 Å². The molecule has 0 unspecified atom stereocenters. The van der Waals surface area contributed by atoms with Crippen LogP contribution in [0, 0.1) is 20.8 Å². The van der Waals surface area contributed by atoms with E-state index in [4.69, 9.17) is 0 Å². The minimum atomic E-state index is -5.12. The Hall–Kier alpha value is -3.38. The number of nitrogens with one attached hydrogen (secondary N) is 2. The lowest BCUT2D eigenvalue weighted by Crippen LogP contribution is -2.45. The third kappa shape index (κ3) is 7.13. The summed E-state index contributed by atoms with van der Waals surface area (Å²) in [6, 6.07) is 10.5. The maximum Gasteiger partial charge on any atom is 0.416 e. The van der Waals surface area contributed by atoms with Crippen molar-refractivity contribution >= 4 is 21.6 Å². The zero-order valence-corrected chi connectivity index (χ0v) is 21.3. The second-order valence-electron chi connectivity index (χ2n) is 8.88. The topological polar surface area (TPSA) is 75.3 Å². The summed E-state index contributed by atoms with van der Waals surface area (Å²) in [7, 11) is -4.33. The number of aryl methyl sites for hydroxylation is 3.